The Hall–Kier alpha value is -0.540. The molecule has 0 amide bonds. The smallest absolute Gasteiger partial charge is 0.130 e. The van der Waals surface area contributed by atoms with Crippen LogP contribution in [0.5, 0.6) is 5.75 Å². The van der Waals surface area contributed by atoms with Crippen LogP contribution in [0.4, 0.5) is 0 Å². The SMILES string of the molecule is Cc1c(C2(O)CC2)ccc(O)c1Br. The van der Waals surface area contributed by atoms with Gasteiger partial charge in [-0.3, -0.25) is 0 Å². The third-order valence-electron chi connectivity index (χ3n) is 2.59. The lowest BCUT2D eigenvalue weighted by molar-refractivity contribution is 0.150. The van der Waals surface area contributed by atoms with Crippen molar-refractivity contribution >= 4 is 15.9 Å². The summed E-state index contributed by atoms with van der Waals surface area (Å²) in [6, 6.07) is 3.41. The normalized spacial score (nSPS) is 18.7. The first-order chi connectivity index (χ1) is 6.04. The van der Waals surface area contributed by atoms with Crippen molar-refractivity contribution < 1.29 is 10.2 Å². The quantitative estimate of drug-likeness (QED) is 0.795. The minimum Gasteiger partial charge on any atom is -0.507 e. The highest BCUT2D eigenvalue weighted by atomic mass is 79.9. The number of hydrogen-bond donors (Lipinski definition) is 2. The van der Waals surface area contributed by atoms with Crippen LogP contribution in [0.15, 0.2) is 16.6 Å². The van der Waals surface area contributed by atoms with E-state index in [0.717, 1.165) is 24.0 Å². The summed E-state index contributed by atoms with van der Waals surface area (Å²) in [5.41, 5.74) is 1.23. The van der Waals surface area contributed by atoms with Gasteiger partial charge in [0.1, 0.15) is 5.75 Å². The number of rotatable bonds is 1. The molecule has 0 heterocycles. The zero-order valence-electron chi connectivity index (χ0n) is 7.34. The Morgan fingerprint density at radius 1 is 1.38 bits per heavy atom. The predicted octanol–water partition coefficient (Wildman–Crippen LogP) is 2.44. The lowest BCUT2D eigenvalue weighted by Crippen LogP contribution is -2.06. The van der Waals surface area contributed by atoms with E-state index in [9.17, 15) is 10.2 Å². The van der Waals surface area contributed by atoms with Crippen LogP contribution >= 0.6 is 15.9 Å². The van der Waals surface area contributed by atoms with Crippen LogP contribution in [0.25, 0.3) is 0 Å². The summed E-state index contributed by atoms with van der Waals surface area (Å²) in [7, 11) is 0. The fourth-order valence-electron chi connectivity index (χ4n) is 1.56. The van der Waals surface area contributed by atoms with E-state index in [1.165, 1.54) is 0 Å². The second kappa shape index (κ2) is 2.72. The highest BCUT2D eigenvalue weighted by molar-refractivity contribution is 9.10. The van der Waals surface area contributed by atoms with E-state index >= 15 is 0 Å². The summed E-state index contributed by atoms with van der Waals surface area (Å²) in [6.07, 6.45) is 1.65. The van der Waals surface area contributed by atoms with Crippen molar-refractivity contribution in [3.63, 3.8) is 0 Å². The van der Waals surface area contributed by atoms with Crippen molar-refractivity contribution in [3.05, 3.63) is 27.7 Å². The van der Waals surface area contributed by atoms with Crippen LogP contribution in [0.1, 0.15) is 24.0 Å². The van der Waals surface area contributed by atoms with E-state index in [2.05, 4.69) is 15.9 Å². The summed E-state index contributed by atoms with van der Waals surface area (Å²) in [5.74, 6) is 0.227. The second-order valence-corrected chi connectivity index (χ2v) is 4.40. The molecule has 1 aromatic carbocycles. The lowest BCUT2D eigenvalue weighted by Gasteiger charge is -2.13. The molecule has 1 aliphatic carbocycles. The highest BCUT2D eigenvalue weighted by Crippen LogP contribution is 2.48. The van der Waals surface area contributed by atoms with Gasteiger partial charge in [0, 0.05) is 0 Å². The zero-order chi connectivity index (χ0) is 9.64. The van der Waals surface area contributed by atoms with Gasteiger partial charge in [0.25, 0.3) is 0 Å². The van der Waals surface area contributed by atoms with Gasteiger partial charge in [-0.15, -0.1) is 0 Å². The molecule has 3 heteroatoms. The van der Waals surface area contributed by atoms with Gasteiger partial charge in [0.15, 0.2) is 0 Å². The Balaban J connectivity index is 2.54. The third kappa shape index (κ3) is 1.36. The number of hydrogen-bond acceptors (Lipinski definition) is 2. The predicted molar refractivity (Wildman–Crippen MR) is 53.7 cm³/mol. The number of halogens is 1. The molecule has 1 aliphatic rings. The molecule has 0 spiro atoms. The van der Waals surface area contributed by atoms with Gasteiger partial charge in [-0.05, 0) is 52.9 Å². The maximum atomic E-state index is 9.89. The lowest BCUT2D eigenvalue weighted by atomic mass is 10.0. The monoisotopic (exact) mass is 242 g/mol. The Morgan fingerprint density at radius 2 is 2.00 bits per heavy atom. The van der Waals surface area contributed by atoms with E-state index in [0.29, 0.717) is 4.47 Å². The van der Waals surface area contributed by atoms with E-state index in [4.69, 9.17) is 0 Å². The molecule has 2 N–H and O–H groups in total. The maximum Gasteiger partial charge on any atom is 0.130 e. The van der Waals surface area contributed by atoms with Gasteiger partial charge in [-0.1, -0.05) is 6.07 Å². The van der Waals surface area contributed by atoms with Crippen molar-refractivity contribution in [1.29, 1.82) is 0 Å². The molecule has 1 saturated carbocycles. The molecule has 0 unspecified atom stereocenters. The summed E-state index contributed by atoms with van der Waals surface area (Å²) in [5, 5.41) is 19.3. The molecular weight excluding hydrogens is 232 g/mol. The molecule has 0 aromatic heterocycles. The topological polar surface area (TPSA) is 40.5 Å². The minimum absolute atomic E-state index is 0.227. The van der Waals surface area contributed by atoms with Crippen molar-refractivity contribution in [1.82, 2.24) is 0 Å². The number of aliphatic hydroxyl groups is 1. The van der Waals surface area contributed by atoms with Gasteiger partial charge in [-0.25, -0.2) is 0 Å². The minimum atomic E-state index is -0.625. The molecule has 2 nitrogen and oxygen atoms in total. The van der Waals surface area contributed by atoms with Crippen LogP contribution in [0.3, 0.4) is 0 Å². The van der Waals surface area contributed by atoms with E-state index < -0.39 is 5.60 Å². The summed E-state index contributed by atoms with van der Waals surface area (Å²) in [6.45, 7) is 1.90. The van der Waals surface area contributed by atoms with Crippen LogP contribution in [0.2, 0.25) is 0 Å². The molecule has 0 atom stereocenters. The fraction of sp³-hybridized carbons (Fsp3) is 0.400. The number of benzene rings is 1. The van der Waals surface area contributed by atoms with Crippen LogP contribution < -0.4 is 0 Å². The molecule has 1 aromatic rings. The van der Waals surface area contributed by atoms with Gasteiger partial charge in [0.05, 0.1) is 10.1 Å². The first-order valence-corrected chi connectivity index (χ1v) is 5.05. The molecule has 0 saturated heterocycles. The van der Waals surface area contributed by atoms with Gasteiger partial charge in [-0.2, -0.15) is 0 Å². The first-order valence-electron chi connectivity index (χ1n) is 4.25. The number of aromatic hydroxyl groups is 1. The first kappa shape index (κ1) is 9.03. The van der Waals surface area contributed by atoms with Gasteiger partial charge in [0.2, 0.25) is 0 Å². The van der Waals surface area contributed by atoms with Gasteiger partial charge >= 0.3 is 0 Å². The Bertz CT molecular complexity index is 356. The Morgan fingerprint density at radius 3 is 2.54 bits per heavy atom. The van der Waals surface area contributed by atoms with Crippen molar-refractivity contribution in [2.45, 2.75) is 25.4 Å². The third-order valence-corrected chi connectivity index (χ3v) is 3.59. The molecule has 0 radical (unpaired) electrons. The average Bonchev–Trinajstić information content (AvgIpc) is 2.80. The van der Waals surface area contributed by atoms with Crippen molar-refractivity contribution in [2.24, 2.45) is 0 Å². The molecular formula is C10H11BrO2. The van der Waals surface area contributed by atoms with Gasteiger partial charge < -0.3 is 10.2 Å². The van der Waals surface area contributed by atoms with E-state index in [-0.39, 0.29) is 5.75 Å². The summed E-state index contributed by atoms with van der Waals surface area (Å²) >= 11 is 3.29. The number of phenols is 1. The van der Waals surface area contributed by atoms with E-state index in [1.54, 1.807) is 12.1 Å². The van der Waals surface area contributed by atoms with Crippen LogP contribution in [-0.2, 0) is 5.60 Å². The molecule has 70 valence electrons. The molecule has 1 fully saturated rings. The fourth-order valence-corrected chi connectivity index (χ4v) is 1.91. The Kier molecular flexibility index (Phi) is 1.89. The Labute approximate surface area is 85.3 Å². The standard InChI is InChI=1S/C10H11BrO2/c1-6-7(10(13)4-5-10)2-3-8(12)9(6)11/h2-3,12-13H,4-5H2,1H3. The van der Waals surface area contributed by atoms with Crippen molar-refractivity contribution in [3.8, 4) is 5.75 Å². The maximum absolute atomic E-state index is 9.89. The average molecular weight is 243 g/mol. The zero-order valence-corrected chi connectivity index (χ0v) is 8.93. The summed E-state index contributed by atoms with van der Waals surface area (Å²) < 4.78 is 0.685. The molecule has 0 aliphatic heterocycles. The molecule has 0 bridgehead atoms. The van der Waals surface area contributed by atoms with Crippen molar-refractivity contribution in [2.75, 3.05) is 0 Å². The second-order valence-electron chi connectivity index (χ2n) is 3.60. The highest BCUT2D eigenvalue weighted by Gasteiger charge is 2.43. The summed E-state index contributed by atoms with van der Waals surface area (Å²) in [4.78, 5) is 0. The van der Waals surface area contributed by atoms with Crippen LogP contribution in [-0.4, -0.2) is 10.2 Å². The van der Waals surface area contributed by atoms with E-state index in [1.807, 2.05) is 6.92 Å². The largest absolute Gasteiger partial charge is 0.507 e. The number of phenolic OH excluding ortho intramolecular Hbond substituents is 1. The molecule has 2 rings (SSSR count). The van der Waals surface area contributed by atoms with Crippen LogP contribution in [0, 0.1) is 6.92 Å². The molecule has 13 heavy (non-hydrogen) atoms.